The van der Waals surface area contributed by atoms with Gasteiger partial charge >= 0.3 is 0 Å². The first kappa shape index (κ1) is 15.0. The zero-order valence-electron chi connectivity index (χ0n) is 12.5. The fourth-order valence-corrected chi connectivity index (χ4v) is 1.86. The molecule has 0 bridgehead atoms. The number of rotatable bonds is 3. The van der Waals surface area contributed by atoms with E-state index >= 15 is 0 Å². The van der Waals surface area contributed by atoms with E-state index in [4.69, 9.17) is 9.84 Å². The maximum Gasteiger partial charge on any atom is 0.123 e. The minimum Gasteiger partial charge on any atom is -0.491 e. The summed E-state index contributed by atoms with van der Waals surface area (Å²) in [6, 6.07) is 6.37. The van der Waals surface area contributed by atoms with Crippen molar-refractivity contribution in [3.63, 3.8) is 0 Å². The predicted molar refractivity (Wildman–Crippen MR) is 76.4 cm³/mol. The van der Waals surface area contributed by atoms with Gasteiger partial charge in [-0.15, -0.1) is 0 Å². The first-order valence-corrected chi connectivity index (χ1v) is 6.55. The number of benzene rings is 1. The van der Waals surface area contributed by atoms with Gasteiger partial charge in [0, 0.05) is 0 Å². The van der Waals surface area contributed by atoms with Crippen molar-refractivity contribution < 1.29 is 9.84 Å². The van der Waals surface area contributed by atoms with Gasteiger partial charge in [-0.2, -0.15) is 0 Å². The molecule has 2 heteroatoms. The van der Waals surface area contributed by atoms with Crippen LogP contribution in [-0.2, 0) is 10.8 Å². The van der Waals surface area contributed by atoms with E-state index < -0.39 is 0 Å². The molecule has 0 saturated carbocycles. The van der Waals surface area contributed by atoms with E-state index in [-0.39, 0.29) is 17.4 Å². The Hall–Kier alpha value is -1.02. The summed E-state index contributed by atoms with van der Waals surface area (Å²) >= 11 is 0. The monoisotopic (exact) mass is 250 g/mol. The molecule has 0 aromatic heterocycles. The second-order valence-corrected chi connectivity index (χ2v) is 6.78. The maximum absolute atomic E-state index is 8.88. The molecule has 0 unspecified atom stereocenters. The molecule has 2 nitrogen and oxygen atoms in total. The van der Waals surface area contributed by atoms with Gasteiger partial charge in [0.15, 0.2) is 0 Å². The Kier molecular flexibility index (Phi) is 4.44. The lowest BCUT2D eigenvalue weighted by Gasteiger charge is -2.27. The molecule has 0 amide bonds. The highest BCUT2D eigenvalue weighted by molar-refractivity contribution is 5.43. The Morgan fingerprint density at radius 3 is 2.06 bits per heavy atom. The average Bonchev–Trinajstić information content (AvgIpc) is 2.23. The zero-order valence-corrected chi connectivity index (χ0v) is 12.5. The third-order valence-corrected chi connectivity index (χ3v) is 3.00. The van der Waals surface area contributed by atoms with Crippen LogP contribution in [0.15, 0.2) is 18.2 Å². The van der Waals surface area contributed by atoms with Gasteiger partial charge in [-0.1, -0.05) is 53.7 Å². The van der Waals surface area contributed by atoms with E-state index in [1.54, 1.807) is 0 Å². The summed E-state index contributed by atoms with van der Waals surface area (Å²) < 4.78 is 5.63. The molecule has 0 atom stereocenters. The summed E-state index contributed by atoms with van der Waals surface area (Å²) in [7, 11) is 0. The summed E-state index contributed by atoms with van der Waals surface area (Å²) in [5.41, 5.74) is 2.67. The van der Waals surface area contributed by atoms with Crippen LogP contribution in [0.3, 0.4) is 0 Å². The summed E-state index contributed by atoms with van der Waals surface area (Å²) in [6.07, 6.45) is 0. The lowest BCUT2D eigenvalue weighted by atomic mass is 9.80. The Morgan fingerprint density at radius 1 is 1.00 bits per heavy atom. The van der Waals surface area contributed by atoms with E-state index in [2.05, 4.69) is 53.7 Å². The number of aliphatic hydroxyl groups is 1. The van der Waals surface area contributed by atoms with Crippen molar-refractivity contribution in [3.8, 4) is 5.75 Å². The van der Waals surface area contributed by atoms with Crippen LogP contribution in [0.5, 0.6) is 5.75 Å². The molecule has 0 aliphatic rings. The van der Waals surface area contributed by atoms with Crippen molar-refractivity contribution in [1.29, 1.82) is 0 Å². The van der Waals surface area contributed by atoms with E-state index in [1.165, 1.54) is 11.1 Å². The molecule has 1 aromatic rings. The van der Waals surface area contributed by atoms with Crippen molar-refractivity contribution in [2.45, 2.75) is 52.4 Å². The van der Waals surface area contributed by atoms with E-state index in [1.807, 2.05) is 6.07 Å². The minimum absolute atomic E-state index is 0.0338. The van der Waals surface area contributed by atoms with Crippen LogP contribution in [0.25, 0.3) is 0 Å². The Morgan fingerprint density at radius 2 is 1.61 bits per heavy atom. The van der Waals surface area contributed by atoms with E-state index in [0.717, 1.165) is 5.75 Å². The molecule has 1 N–H and O–H groups in total. The van der Waals surface area contributed by atoms with Crippen LogP contribution in [-0.4, -0.2) is 18.3 Å². The third-order valence-electron chi connectivity index (χ3n) is 3.00. The number of hydrogen-bond acceptors (Lipinski definition) is 2. The molecule has 0 saturated heterocycles. The van der Waals surface area contributed by atoms with Gasteiger partial charge in [0.05, 0.1) is 6.61 Å². The normalized spacial score (nSPS) is 12.6. The lowest BCUT2D eigenvalue weighted by molar-refractivity contribution is 0.199. The van der Waals surface area contributed by atoms with Crippen LogP contribution in [0.4, 0.5) is 0 Å². The van der Waals surface area contributed by atoms with Crippen molar-refractivity contribution in [2.24, 2.45) is 0 Å². The Labute approximate surface area is 111 Å². The standard InChI is InChI=1S/C16H26O2/c1-15(2,3)12-7-8-14(18-10-9-17)13(11-12)16(4,5)6/h7-8,11,17H,9-10H2,1-6H3. The first-order valence-electron chi connectivity index (χ1n) is 6.55. The van der Waals surface area contributed by atoms with Crippen molar-refractivity contribution >= 4 is 0 Å². The summed E-state index contributed by atoms with van der Waals surface area (Å²) in [6.45, 7) is 13.6. The van der Waals surface area contributed by atoms with Crippen LogP contribution in [0.1, 0.15) is 52.7 Å². The molecule has 0 radical (unpaired) electrons. The maximum atomic E-state index is 8.88. The number of ether oxygens (including phenoxy) is 1. The highest BCUT2D eigenvalue weighted by atomic mass is 16.5. The van der Waals surface area contributed by atoms with Gasteiger partial charge in [0.1, 0.15) is 12.4 Å². The van der Waals surface area contributed by atoms with Crippen LogP contribution in [0, 0.1) is 0 Å². The van der Waals surface area contributed by atoms with E-state index in [0.29, 0.717) is 6.61 Å². The summed E-state index contributed by atoms with van der Waals surface area (Å²) in [5.74, 6) is 0.879. The molecule has 0 aliphatic carbocycles. The fraction of sp³-hybridized carbons (Fsp3) is 0.625. The molecule has 102 valence electrons. The first-order chi connectivity index (χ1) is 8.16. The number of hydrogen-bond donors (Lipinski definition) is 1. The molecule has 1 rings (SSSR count). The van der Waals surface area contributed by atoms with Gasteiger partial charge < -0.3 is 9.84 Å². The topological polar surface area (TPSA) is 29.5 Å². The summed E-state index contributed by atoms with van der Waals surface area (Å²) in [4.78, 5) is 0. The zero-order chi connectivity index (χ0) is 14.0. The Bertz CT molecular complexity index is 395. The molecule has 1 aromatic carbocycles. The molecule has 0 heterocycles. The lowest BCUT2D eigenvalue weighted by Crippen LogP contribution is -2.18. The highest BCUT2D eigenvalue weighted by Gasteiger charge is 2.22. The van der Waals surface area contributed by atoms with Gasteiger partial charge in [0.25, 0.3) is 0 Å². The fourth-order valence-electron chi connectivity index (χ4n) is 1.86. The van der Waals surface area contributed by atoms with Gasteiger partial charge in [-0.05, 0) is 28.0 Å². The molecular weight excluding hydrogens is 224 g/mol. The second kappa shape index (κ2) is 5.31. The highest BCUT2D eigenvalue weighted by Crippen LogP contribution is 2.35. The van der Waals surface area contributed by atoms with Crippen LogP contribution < -0.4 is 4.74 Å². The molecule has 0 spiro atoms. The van der Waals surface area contributed by atoms with Crippen LogP contribution in [0.2, 0.25) is 0 Å². The van der Waals surface area contributed by atoms with Gasteiger partial charge in [0.2, 0.25) is 0 Å². The van der Waals surface area contributed by atoms with Crippen molar-refractivity contribution in [3.05, 3.63) is 29.3 Å². The van der Waals surface area contributed by atoms with Gasteiger partial charge in [-0.3, -0.25) is 0 Å². The van der Waals surface area contributed by atoms with E-state index in [9.17, 15) is 0 Å². The smallest absolute Gasteiger partial charge is 0.123 e. The minimum atomic E-state index is 0.0338. The molecule has 18 heavy (non-hydrogen) atoms. The average molecular weight is 250 g/mol. The molecule has 0 aliphatic heterocycles. The van der Waals surface area contributed by atoms with Crippen molar-refractivity contribution in [1.82, 2.24) is 0 Å². The second-order valence-electron chi connectivity index (χ2n) is 6.78. The molecule has 0 fully saturated rings. The quantitative estimate of drug-likeness (QED) is 0.887. The number of aliphatic hydroxyl groups excluding tert-OH is 1. The largest absolute Gasteiger partial charge is 0.491 e. The Balaban J connectivity index is 3.21. The third kappa shape index (κ3) is 3.74. The SMILES string of the molecule is CC(C)(C)c1ccc(OCCO)c(C(C)(C)C)c1. The van der Waals surface area contributed by atoms with Crippen LogP contribution >= 0.6 is 0 Å². The molecular formula is C16H26O2. The predicted octanol–water partition coefficient (Wildman–Crippen LogP) is 3.65. The van der Waals surface area contributed by atoms with Crippen molar-refractivity contribution in [2.75, 3.05) is 13.2 Å². The summed E-state index contributed by atoms with van der Waals surface area (Å²) in [5, 5.41) is 8.88. The van der Waals surface area contributed by atoms with Gasteiger partial charge in [-0.25, -0.2) is 0 Å².